The standard InChI is InChI=1S/C10H14FNO/c1-6-3-4-8(11)5-9(6)10(12)7(2)13/h3-5,7,10,13H,12H2,1-2H3/t7-,10+/m0/s1. The molecule has 13 heavy (non-hydrogen) atoms. The Labute approximate surface area is 77.2 Å². The zero-order chi connectivity index (χ0) is 10.0. The summed E-state index contributed by atoms with van der Waals surface area (Å²) in [4.78, 5) is 0. The lowest BCUT2D eigenvalue weighted by Crippen LogP contribution is -2.24. The minimum absolute atomic E-state index is 0.322. The van der Waals surface area contributed by atoms with E-state index in [9.17, 15) is 9.50 Å². The van der Waals surface area contributed by atoms with Crippen LogP contribution < -0.4 is 5.73 Å². The average molecular weight is 183 g/mol. The molecule has 0 heterocycles. The largest absolute Gasteiger partial charge is 0.391 e. The van der Waals surface area contributed by atoms with Crippen LogP contribution >= 0.6 is 0 Å². The van der Waals surface area contributed by atoms with Crippen molar-refractivity contribution < 1.29 is 9.50 Å². The van der Waals surface area contributed by atoms with Crippen molar-refractivity contribution in [3.8, 4) is 0 Å². The van der Waals surface area contributed by atoms with Crippen LogP contribution in [0.25, 0.3) is 0 Å². The van der Waals surface area contributed by atoms with E-state index < -0.39 is 12.1 Å². The van der Waals surface area contributed by atoms with E-state index in [1.807, 2.05) is 6.92 Å². The van der Waals surface area contributed by atoms with Crippen molar-refractivity contribution in [2.75, 3.05) is 0 Å². The van der Waals surface area contributed by atoms with Crippen molar-refractivity contribution in [3.63, 3.8) is 0 Å². The predicted molar refractivity (Wildman–Crippen MR) is 49.7 cm³/mol. The van der Waals surface area contributed by atoms with Crippen LogP contribution in [0, 0.1) is 12.7 Å². The first kappa shape index (κ1) is 10.2. The summed E-state index contributed by atoms with van der Waals surface area (Å²) < 4.78 is 12.8. The van der Waals surface area contributed by atoms with Gasteiger partial charge in [0.2, 0.25) is 0 Å². The summed E-state index contributed by atoms with van der Waals surface area (Å²) in [6.45, 7) is 3.44. The first-order valence-electron chi connectivity index (χ1n) is 4.22. The zero-order valence-corrected chi connectivity index (χ0v) is 7.79. The molecular formula is C10H14FNO. The minimum Gasteiger partial charge on any atom is -0.391 e. The normalized spacial score (nSPS) is 15.5. The van der Waals surface area contributed by atoms with Gasteiger partial charge >= 0.3 is 0 Å². The number of benzene rings is 1. The molecule has 0 aliphatic rings. The molecule has 72 valence electrons. The summed E-state index contributed by atoms with van der Waals surface area (Å²) in [6, 6.07) is 3.89. The summed E-state index contributed by atoms with van der Waals surface area (Å²) >= 11 is 0. The number of aliphatic hydroxyl groups excluding tert-OH is 1. The van der Waals surface area contributed by atoms with Gasteiger partial charge in [0.05, 0.1) is 12.1 Å². The number of hydrogen-bond donors (Lipinski definition) is 2. The lowest BCUT2D eigenvalue weighted by atomic mass is 9.98. The van der Waals surface area contributed by atoms with Crippen LogP contribution in [-0.4, -0.2) is 11.2 Å². The molecule has 1 aromatic carbocycles. The van der Waals surface area contributed by atoms with Gasteiger partial charge in [-0.2, -0.15) is 0 Å². The van der Waals surface area contributed by atoms with Gasteiger partial charge in [0.1, 0.15) is 5.82 Å². The lowest BCUT2D eigenvalue weighted by Gasteiger charge is -2.17. The molecule has 1 aromatic rings. The molecule has 3 heteroatoms. The highest BCUT2D eigenvalue weighted by Crippen LogP contribution is 2.19. The van der Waals surface area contributed by atoms with E-state index in [1.54, 1.807) is 13.0 Å². The number of aliphatic hydroxyl groups is 1. The van der Waals surface area contributed by atoms with Crippen LogP contribution in [0.5, 0.6) is 0 Å². The molecule has 0 amide bonds. The van der Waals surface area contributed by atoms with Crippen molar-refractivity contribution in [3.05, 3.63) is 35.1 Å². The van der Waals surface area contributed by atoms with Gasteiger partial charge in [0.15, 0.2) is 0 Å². The van der Waals surface area contributed by atoms with Crippen molar-refractivity contribution in [1.82, 2.24) is 0 Å². The smallest absolute Gasteiger partial charge is 0.123 e. The Balaban J connectivity index is 3.05. The Bertz CT molecular complexity index is 299. The third-order valence-electron chi connectivity index (χ3n) is 2.12. The van der Waals surface area contributed by atoms with E-state index in [4.69, 9.17) is 5.73 Å². The predicted octanol–water partition coefficient (Wildman–Crippen LogP) is 1.51. The summed E-state index contributed by atoms with van der Waals surface area (Å²) in [5, 5.41) is 9.24. The molecule has 0 aromatic heterocycles. The second-order valence-electron chi connectivity index (χ2n) is 3.27. The van der Waals surface area contributed by atoms with Crippen LogP contribution in [-0.2, 0) is 0 Å². The molecule has 0 spiro atoms. The Hall–Kier alpha value is -0.930. The number of aryl methyl sites for hydroxylation is 1. The number of rotatable bonds is 2. The van der Waals surface area contributed by atoms with Crippen molar-refractivity contribution in [2.45, 2.75) is 26.0 Å². The van der Waals surface area contributed by atoms with Crippen LogP contribution in [0.4, 0.5) is 4.39 Å². The Morgan fingerprint density at radius 3 is 2.62 bits per heavy atom. The van der Waals surface area contributed by atoms with Gasteiger partial charge < -0.3 is 10.8 Å². The Morgan fingerprint density at radius 1 is 1.46 bits per heavy atom. The van der Waals surface area contributed by atoms with Gasteiger partial charge in [0, 0.05) is 0 Å². The summed E-state index contributed by atoms with van der Waals surface area (Å²) in [5.41, 5.74) is 7.25. The Kier molecular flexibility index (Phi) is 3.01. The average Bonchev–Trinajstić information content (AvgIpc) is 2.08. The highest BCUT2D eigenvalue weighted by atomic mass is 19.1. The fraction of sp³-hybridized carbons (Fsp3) is 0.400. The third-order valence-corrected chi connectivity index (χ3v) is 2.12. The van der Waals surface area contributed by atoms with E-state index in [0.29, 0.717) is 5.56 Å². The topological polar surface area (TPSA) is 46.2 Å². The Morgan fingerprint density at radius 2 is 2.08 bits per heavy atom. The fourth-order valence-electron chi connectivity index (χ4n) is 1.23. The van der Waals surface area contributed by atoms with Gasteiger partial charge in [-0.25, -0.2) is 4.39 Å². The third kappa shape index (κ3) is 2.26. The maximum absolute atomic E-state index is 12.8. The summed E-state index contributed by atoms with van der Waals surface area (Å²) in [5.74, 6) is -0.322. The zero-order valence-electron chi connectivity index (χ0n) is 7.79. The molecule has 0 bridgehead atoms. The molecule has 3 N–H and O–H groups in total. The molecule has 0 aliphatic carbocycles. The molecule has 2 nitrogen and oxygen atoms in total. The summed E-state index contributed by atoms with van der Waals surface area (Å²) in [7, 11) is 0. The van der Waals surface area contributed by atoms with Crippen LogP contribution in [0.3, 0.4) is 0 Å². The molecule has 0 saturated heterocycles. The van der Waals surface area contributed by atoms with Crippen LogP contribution in [0.15, 0.2) is 18.2 Å². The maximum atomic E-state index is 12.8. The molecule has 2 atom stereocenters. The van der Waals surface area contributed by atoms with Gasteiger partial charge in [-0.15, -0.1) is 0 Å². The quantitative estimate of drug-likeness (QED) is 0.730. The van der Waals surface area contributed by atoms with Crippen LogP contribution in [0.2, 0.25) is 0 Å². The second-order valence-corrected chi connectivity index (χ2v) is 3.27. The van der Waals surface area contributed by atoms with Gasteiger partial charge in [-0.3, -0.25) is 0 Å². The lowest BCUT2D eigenvalue weighted by molar-refractivity contribution is 0.164. The number of nitrogens with two attached hydrogens (primary N) is 1. The van der Waals surface area contributed by atoms with Gasteiger partial charge in [-0.05, 0) is 37.1 Å². The molecular weight excluding hydrogens is 169 g/mol. The molecule has 0 saturated carbocycles. The molecule has 0 radical (unpaired) electrons. The first-order chi connectivity index (χ1) is 6.02. The van der Waals surface area contributed by atoms with Crippen LogP contribution in [0.1, 0.15) is 24.1 Å². The highest BCUT2D eigenvalue weighted by molar-refractivity contribution is 5.29. The van der Waals surface area contributed by atoms with Crippen molar-refractivity contribution in [2.24, 2.45) is 5.73 Å². The second kappa shape index (κ2) is 3.85. The van der Waals surface area contributed by atoms with Gasteiger partial charge in [-0.1, -0.05) is 6.07 Å². The SMILES string of the molecule is Cc1ccc(F)cc1[C@H](N)[C@H](C)O. The minimum atomic E-state index is -0.666. The van der Waals surface area contributed by atoms with Gasteiger partial charge in [0.25, 0.3) is 0 Å². The fourth-order valence-corrected chi connectivity index (χ4v) is 1.23. The molecule has 1 rings (SSSR count). The first-order valence-corrected chi connectivity index (χ1v) is 4.22. The number of halogens is 1. The number of hydrogen-bond acceptors (Lipinski definition) is 2. The summed E-state index contributed by atoms with van der Waals surface area (Å²) in [6.07, 6.45) is -0.666. The highest BCUT2D eigenvalue weighted by Gasteiger charge is 2.14. The van der Waals surface area contributed by atoms with Crippen molar-refractivity contribution >= 4 is 0 Å². The molecule has 0 fully saturated rings. The maximum Gasteiger partial charge on any atom is 0.123 e. The van der Waals surface area contributed by atoms with E-state index >= 15 is 0 Å². The van der Waals surface area contributed by atoms with E-state index in [2.05, 4.69) is 0 Å². The van der Waals surface area contributed by atoms with E-state index in [0.717, 1.165) is 5.56 Å². The monoisotopic (exact) mass is 183 g/mol. The van der Waals surface area contributed by atoms with E-state index in [1.165, 1.54) is 12.1 Å². The van der Waals surface area contributed by atoms with Crippen molar-refractivity contribution in [1.29, 1.82) is 0 Å². The molecule has 0 unspecified atom stereocenters. The molecule has 0 aliphatic heterocycles. The van der Waals surface area contributed by atoms with E-state index in [-0.39, 0.29) is 5.82 Å².